The molecule has 7 rings (SSSR count). The molecule has 0 spiro atoms. The van der Waals surface area contributed by atoms with E-state index in [9.17, 15) is 14.4 Å². The SMILES string of the molecule is CC1CCC(NC(=O)[C@H](C(C)C)N2C(=O)[C@@H]3[C@@H](C2=O)C2(Cl)c4ccccc4C3(Cl)c3ccccc32)CC1. The van der Waals surface area contributed by atoms with Crippen molar-refractivity contribution >= 4 is 40.9 Å². The molecule has 2 aromatic rings. The molecular weight excluding hydrogens is 507 g/mol. The summed E-state index contributed by atoms with van der Waals surface area (Å²) in [4.78, 5) is 40.9. The summed E-state index contributed by atoms with van der Waals surface area (Å²) in [7, 11) is 0. The summed E-state index contributed by atoms with van der Waals surface area (Å²) in [5, 5.41) is 3.16. The van der Waals surface area contributed by atoms with Gasteiger partial charge in [-0.05, 0) is 59.8 Å². The highest BCUT2D eigenvalue weighted by molar-refractivity contribution is 6.36. The standard InChI is InChI=1S/C30H32Cl2N2O3/c1-16(2)25(26(35)33-18-14-12-17(3)13-15-18)34-27(36)23-24(28(34)37)30(32)20-9-5-4-8-19(20)29(23,31)21-10-6-7-11-22(21)30/h4-11,16-18,23-25H,12-15H2,1-3H3,(H,33,35)/t17?,18?,23-,24-,25-,29?,30?/m0/s1. The first-order valence-electron chi connectivity index (χ1n) is 13.4. The Kier molecular flexibility index (Phi) is 5.78. The number of carbonyl (C=O) groups is 3. The average Bonchev–Trinajstić information content (AvgIpc) is 3.15. The second-order valence-electron chi connectivity index (χ2n) is 11.7. The van der Waals surface area contributed by atoms with Crippen LogP contribution in [0.5, 0.6) is 0 Å². The van der Waals surface area contributed by atoms with Crippen LogP contribution in [0.3, 0.4) is 0 Å². The number of likely N-dealkylation sites (tertiary alicyclic amines) is 1. The van der Waals surface area contributed by atoms with Crippen molar-refractivity contribution in [2.75, 3.05) is 0 Å². The van der Waals surface area contributed by atoms with Crippen molar-refractivity contribution in [3.63, 3.8) is 0 Å². The van der Waals surface area contributed by atoms with Crippen LogP contribution in [0.2, 0.25) is 0 Å². The van der Waals surface area contributed by atoms with E-state index in [1.807, 2.05) is 62.4 Å². The Hall–Kier alpha value is -2.37. The number of imide groups is 1. The first-order chi connectivity index (χ1) is 17.6. The number of hydrogen-bond acceptors (Lipinski definition) is 3. The van der Waals surface area contributed by atoms with Crippen molar-refractivity contribution in [1.29, 1.82) is 0 Å². The summed E-state index contributed by atoms with van der Waals surface area (Å²) < 4.78 is 0. The normalized spacial score (nSPS) is 34.7. The van der Waals surface area contributed by atoms with Gasteiger partial charge in [0.25, 0.3) is 0 Å². The van der Waals surface area contributed by atoms with Crippen molar-refractivity contribution < 1.29 is 14.4 Å². The quantitative estimate of drug-likeness (QED) is 0.424. The molecule has 194 valence electrons. The Balaban J connectivity index is 1.44. The summed E-state index contributed by atoms with van der Waals surface area (Å²) in [5.74, 6) is -2.50. The van der Waals surface area contributed by atoms with Crippen LogP contribution < -0.4 is 5.32 Å². The fraction of sp³-hybridized carbons (Fsp3) is 0.500. The number of amides is 3. The van der Waals surface area contributed by atoms with E-state index < -0.39 is 39.4 Å². The van der Waals surface area contributed by atoms with E-state index >= 15 is 0 Å². The number of carbonyl (C=O) groups excluding carboxylic acids is 3. The van der Waals surface area contributed by atoms with E-state index in [1.54, 1.807) is 0 Å². The lowest BCUT2D eigenvalue weighted by molar-refractivity contribution is -0.150. The van der Waals surface area contributed by atoms with E-state index in [-0.39, 0.29) is 17.9 Å². The van der Waals surface area contributed by atoms with Gasteiger partial charge in [-0.15, -0.1) is 23.2 Å². The summed E-state index contributed by atoms with van der Waals surface area (Å²) in [5.41, 5.74) is 3.04. The van der Waals surface area contributed by atoms with Gasteiger partial charge in [-0.2, -0.15) is 0 Å². The summed E-state index contributed by atoms with van der Waals surface area (Å²) in [6.45, 7) is 5.98. The Morgan fingerprint density at radius 2 is 1.24 bits per heavy atom. The predicted molar refractivity (Wildman–Crippen MR) is 143 cm³/mol. The number of rotatable bonds is 4. The van der Waals surface area contributed by atoms with Crippen LogP contribution in [0, 0.1) is 23.7 Å². The summed E-state index contributed by atoms with van der Waals surface area (Å²) >= 11 is 15.0. The van der Waals surface area contributed by atoms with Gasteiger partial charge in [-0.25, -0.2) is 0 Å². The molecule has 2 fully saturated rings. The highest BCUT2D eigenvalue weighted by atomic mass is 35.5. The van der Waals surface area contributed by atoms with Crippen LogP contribution in [0.1, 0.15) is 68.7 Å². The molecule has 37 heavy (non-hydrogen) atoms. The number of nitrogens with one attached hydrogen (secondary N) is 1. The van der Waals surface area contributed by atoms with E-state index in [1.165, 1.54) is 4.90 Å². The number of benzene rings is 2. The second kappa shape index (κ2) is 8.57. The molecule has 0 aromatic heterocycles. The Bertz CT molecular complexity index is 1180. The minimum atomic E-state index is -1.24. The third-order valence-electron chi connectivity index (χ3n) is 9.16. The molecule has 3 atom stereocenters. The second-order valence-corrected chi connectivity index (χ2v) is 12.9. The third-order valence-corrected chi connectivity index (χ3v) is 10.4. The molecule has 0 radical (unpaired) electrons. The first-order valence-corrected chi connectivity index (χ1v) is 14.1. The van der Waals surface area contributed by atoms with Gasteiger partial charge >= 0.3 is 0 Å². The molecule has 3 amide bonds. The summed E-state index contributed by atoms with van der Waals surface area (Å²) in [6.07, 6.45) is 3.93. The highest BCUT2D eigenvalue weighted by Gasteiger charge is 2.73. The molecule has 1 saturated heterocycles. The fourth-order valence-corrected chi connectivity index (χ4v) is 8.47. The van der Waals surface area contributed by atoms with Crippen molar-refractivity contribution in [3.05, 3.63) is 70.8 Å². The summed E-state index contributed by atoms with van der Waals surface area (Å²) in [6, 6.07) is 14.3. The van der Waals surface area contributed by atoms with Crippen molar-refractivity contribution in [3.8, 4) is 0 Å². The Morgan fingerprint density at radius 1 is 0.838 bits per heavy atom. The van der Waals surface area contributed by atoms with Gasteiger partial charge in [-0.3, -0.25) is 19.3 Å². The number of nitrogens with zero attached hydrogens (tertiary/aromatic N) is 1. The number of halogens is 2. The molecule has 2 bridgehead atoms. The molecular formula is C30H32Cl2N2O3. The maximum atomic E-state index is 14.3. The van der Waals surface area contributed by atoms with Gasteiger partial charge in [-0.1, -0.05) is 69.3 Å². The van der Waals surface area contributed by atoms with Gasteiger partial charge in [0.15, 0.2) is 0 Å². The Morgan fingerprint density at radius 3 is 1.62 bits per heavy atom. The van der Waals surface area contributed by atoms with Gasteiger partial charge < -0.3 is 5.32 Å². The molecule has 2 aromatic carbocycles. The molecule has 1 saturated carbocycles. The maximum Gasteiger partial charge on any atom is 0.243 e. The van der Waals surface area contributed by atoms with E-state index in [0.717, 1.165) is 47.9 Å². The molecule has 5 aliphatic rings. The average molecular weight is 540 g/mol. The molecule has 1 aliphatic heterocycles. The lowest BCUT2D eigenvalue weighted by Gasteiger charge is -2.54. The molecule has 7 heteroatoms. The molecule has 5 nitrogen and oxygen atoms in total. The lowest BCUT2D eigenvalue weighted by Crippen LogP contribution is -2.57. The molecule has 1 N–H and O–H groups in total. The van der Waals surface area contributed by atoms with Crippen LogP contribution in [-0.2, 0) is 24.1 Å². The number of hydrogen-bond donors (Lipinski definition) is 1. The van der Waals surface area contributed by atoms with Gasteiger partial charge in [0.2, 0.25) is 17.7 Å². The molecule has 0 unspecified atom stereocenters. The van der Waals surface area contributed by atoms with Crippen LogP contribution in [0.25, 0.3) is 0 Å². The largest absolute Gasteiger partial charge is 0.352 e. The zero-order valence-corrected chi connectivity index (χ0v) is 22.9. The monoisotopic (exact) mass is 538 g/mol. The smallest absolute Gasteiger partial charge is 0.243 e. The zero-order valence-electron chi connectivity index (χ0n) is 21.3. The zero-order chi connectivity index (χ0) is 26.3. The third kappa shape index (κ3) is 3.26. The molecule has 4 aliphatic carbocycles. The van der Waals surface area contributed by atoms with Crippen molar-refractivity contribution in [2.45, 2.75) is 68.3 Å². The topological polar surface area (TPSA) is 66.5 Å². The highest BCUT2D eigenvalue weighted by Crippen LogP contribution is 2.69. The van der Waals surface area contributed by atoms with Gasteiger partial charge in [0.05, 0.1) is 11.8 Å². The van der Waals surface area contributed by atoms with E-state index in [2.05, 4.69) is 12.2 Å². The maximum absolute atomic E-state index is 14.3. The number of alkyl halides is 2. The lowest BCUT2D eigenvalue weighted by atomic mass is 9.54. The minimum Gasteiger partial charge on any atom is -0.352 e. The fourth-order valence-electron chi connectivity index (χ4n) is 7.37. The van der Waals surface area contributed by atoms with Gasteiger partial charge in [0.1, 0.15) is 15.8 Å². The predicted octanol–water partition coefficient (Wildman–Crippen LogP) is 5.30. The van der Waals surface area contributed by atoms with Crippen LogP contribution in [0.15, 0.2) is 48.5 Å². The van der Waals surface area contributed by atoms with Gasteiger partial charge in [0, 0.05) is 6.04 Å². The first kappa shape index (κ1) is 24.9. The molecule has 1 heterocycles. The van der Waals surface area contributed by atoms with Crippen LogP contribution >= 0.6 is 23.2 Å². The minimum absolute atomic E-state index is 0.0588. The van der Waals surface area contributed by atoms with Crippen LogP contribution in [-0.4, -0.2) is 34.7 Å². The van der Waals surface area contributed by atoms with E-state index in [4.69, 9.17) is 23.2 Å². The van der Waals surface area contributed by atoms with Crippen molar-refractivity contribution in [2.24, 2.45) is 23.7 Å². The van der Waals surface area contributed by atoms with E-state index in [0.29, 0.717) is 5.92 Å². The Labute approximate surface area is 227 Å². The van der Waals surface area contributed by atoms with Crippen molar-refractivity contribution in [1.82, 2.24) is 10.2 Å². The van der Waals surface area contributed by atoms with Crippen LogP contribution in [0.4, 0.5) is 0 Å².